The summed E-state index contributed by atoms with van der Waals surface area (Å²) in [5.41, 5.74) is 6.83. The molecular formula is C18H20. The fourth-order valence-electron chi connectivity index (χ4n) is 2.23. The van der Waals surface area contributed by atoms with Gasteiger partial charge in [0, 0.05) is 0 Å². The second-order valence-electron chi connectivity index (χ2n) is 4.83. The van der Waals surface area contributed by atoms with Crippen LogP contribution in [0.25, 0.3) is 5.57 Å². The van der Waals surface area contributed by atoms with Crippen LogP contribution >= 0.6 is 0 Å². The number of aryl methyl sites for hydroxylation is 2. The Morgan fingerprint density at radius 1 is 0.889 bits per heavy atom. The van der Waals surface area contributed by atoms with Crippen LogP contribution in [0.15, 0.2) is 54.6 Å². The summed E-state index contributed by atoms with van der Waals surface area (Å²) in [6.45, 7) is 6.54. The highest BCUT2D eigenvalue weighted by molar-refractivity contribution is 5.66. The summed E-state index contributed by atoms with van der Waals surface area (Å²) < 4.78 is 0. The number of benzene rings is 2. The standard InChI is InChI=1S/C18H20/c1-14-8-4-6-10-17(14)13-12-16(3)18-11-7-5-9-15(18)2/h4-12H,13H2,1-3H3. The molecule has 0 fully saturated rings. The van der Waals surface area contributed by atoms with Gasteiger partial charge < -0.3 is 0 Å². The van der Waals surface area contributed by atoms with Gasteiger partial charge in [0.2, 0.25) is 0 Å². The maximum Gasteiger partial charge on any atom is -0.00889 e. The van der Waals surface area contributed by atoms with Crippen LogP contribution in [0.2, 0.25) is 0 Å². The molecule has 0 radical (unpaired) electrons. The topological polar surface area (TPSA) is 0 Å². The number of hydrogen-bond donors (Lipinski definition) is 0. The van der Waals surface area contributed by atoms with Crippen molar-refractivity contribution in [3.05, 3.63) is 76.9 Å². The number of allylic oxidation sites excluding steroid dienone is 2. The third-order valence-electron chi connectivity index (χ3n) is 3.46. The predicted molar refractivity (Wildman–Crippen MR) is 79.7 cm³/mol. The van der Waals surface area contributed by atoms with Gasteiger partial charge >= 0.3 is 0 Å². The van der Waals surface area contributed by atoms with E-state index in [0.717, 1.165) is 6.42 Å². The van der Waals surface area contributed by atoms with E-state index in [9.17, 15) is 0 Å². The van der Waals surface area contributed by atoms with Gasteiger partial charge in [-0.05, 0) is 55.0 Å². The minimum Gasteiger partial charge on any atom is -0.0766 e. The summed E-state index contributed by atoms with van der Waals surface area (Å²) in [6.07, 6.45) is 3.33. The quantitative estimate of drug-likeness (QED) is 0.707. The predicted octanol–water partition coefficient (Wildman–Crippen LogP) is 4.95. The molecule has 0 atom stereocenters. The van der Waals surface area contributed by atoms with E-state index in [0.29, 0.717) is 0 Å². The smallest absolute Gasteiger partial charge is 0.00889 e. The first-order valence-electron chi connectivity index (χ1n) is 6.46. The van der Waals surface area contributed by atoms with Crippen LogP contribution in [0.4, 0.5) is 0 Å². The van der Waals surface area contributed by atoms with Crippen molar-refractivity contribution in [2.75, 3.05) is 0 Å². The highest BCUT2D eigenvalue weighted by atomic mass is 14.0. The van der Waals surface area contributed by atoms with Crippen LogP contribution in [0.1, 0.15) is 29.2 Å². The molecule has 0 heterocycles. The average molecular weight is 236 g/mol. The van der Waals surface area contributed by atoms with Crippen molar-refractivity contribution >= 4 is 5.57 Å². The van der Waals surface area contributed by atoms with Gasteiger partial charge in [-0.3, -0.25) is 0 Å². The molecule has 0 unspecified atom stereocenters. The summed E-state index contributed by atoms with van der Waals surface area (Å²) in [6, 6.07) is 17.1. The zero-order valence-corrected chi connectivity index (χ0v) is 11.4. The van der Waals surface area contributed by atoms with Gasteiger partial charge in [-0.25, -0.2) is 0 Å². The van der Waals surface area contributed by atoms with Crippen molar-refractivity contribution in [3.8, 4) is 0 Å². The molecule has 0 saturated heterocycles. The Labute approximate surface area is 110 Å². The zero-order chi connectivity index (χ0) is 13.0. The summed E-state index contributed by atoms with van der Waals surface area (Å²) in [5.74, 6) is 0. The highest BCUT2D eigenvalue weighted by Crippen LogP contribution is 2.19. The third kappa shape index (κ3) is 2.89. The summed E-state index contributed by atoms with van der Waals surface area (Å²) in [7, 11) is 0. The largest absolute Gasteiger partial charge is 0.0766 e. The third-order valence-corrected chi connectivity index (χ3v) is 3.46. The Morgan fingerprint density at radius 3 is 2.17 bits per heavy atom. The number of rotatable bonds is 3. The van der Waals surface area contributed by atoms with Gasteiger partial charge in [0.25, 0.3) is 0 Å². The fourth-order valence-corrected chi connectivity index (χ4v) is 2.23. The molecule has 0 N–H and O–H groups in total. The molecule has 2 aromatic carbocycles. The lowest BCUT2D eigenvalue weighted by Gasteiger charge is -2.07. The van der Waals surface area contributed by atoms with Gasteiger partial charge in [0.1, 0.15) is 0 Å². The molecular weight excluding hydrogens is 216 g/mol. The van der Waals surface area contributed by atoms with E-state index in [2.05, 4.69) is 75.4 Å². The highest BCUT2D eigenvalue weighted by Gasteiger charge is 2.00. The van der Waals surface area contributed by atoms with E-state index in [1.807, 2.05) is 0 Å². The Bertz CT molecular complexity index is 562. The molecule has 0 aliphatic rings. The van der Waals surface area contributed by atoms with E-state index in [1.54, 1.807) is 0 Å². The Kier molecular flexibility index (Phi) is 3.99. The minimum absolute atomic E-state index is 1.01. The first-order chi connectivity index (χ1) is 8.68. The van der Waals surface area contributed by atoms with Crippen molar-refractivity contribution in [2.45, 2.75) is 27.2 Å². The van der Waals surface area contributed by atoms with Gasteiger partial charge in [0.05, 0.1) is 0 Å². The molecule has 92 valence electrons. The van der Waals surface area contributed by atoms with Gasteiger partial charge in [0.15, 0.2) is 0 Å². The van der Waals surface area contributed by atoms with E-state index < -0.39 is 0 Å². The molecule has 2 aromatic rings. The fraction of sp³-hybridized carbons (Fsp3) is 0.222. The lowest BCUT2D eigenvalue weighted by Crippen LogP contribution is -1.89. The van der Waals surface area contributed by atoms with Gasteiger partial charge in [-0.1, -0.05) is 54.6 Å². The van der Waals surface area contributed by atoms with Crippen LogP contribution in [0.5, 0.6) is 0 Å². The normalized spacial score (nSPS) is 11.6. The molecule has 0 spiro atoms. The first kappa shape index (κ1) is 12.6. The van der Waals surface area contributed by atoms with Crippen LogP contribution in [0.3, 0.4) is 0 Å². The van der Waals surface area contributed by atoms with Crippen molar-refractivity contribution in [1.29, 1.82) is 0 Å². The molecule has 0 aromatic heterocycles. The molecule has 0 heteroatoms. The molecule has 0 bridgehead atoms. The van der Waals surface area contributed by atoms with Crippen molar-refractivity contribution in [1.82, 2.24) is 0 Å². The monoisotopic (exact) mass is 236 g/mol. The molecule has 18 heavy (non-hydrogen) atoms. The lowest BCUT2D eigenvalue weighted by molar-refractivity contribution is 1.21. The van der Waals surface area contributed by atoms with Gasteiger partial charge in [-0.15, -0.1) is 0 Å². The van der Waals surface area contributed by atoms with Crippen molar-refractivity contribution in [2.24, 2.45) is 0 Å². The number of hydrogen-bond acceptors (Lipinski definition) is 0. The van der Waals surface area contributed by atoms with E-state index >= 15 is 0 Å². The van der Waals surface area contributed by atoms with Gasteiger partial charge in [-0.2, -0.15) is 0 Å². The van der Waals surface area contributed by atoms with Crippen molar-refractivity contribution in [3.63, 3.8) is 0 Å². The Hall–Kier alpha value is -1.82. The summed E-state index contributed by atoms with van der Waals surface area (Å²) in [5, 5.41) is 0. The van der Waals surface area contributed by atoms with E-state index in [1.165, 1.54) is 27.8 Å². The SMILES string of the molecule is CC(=CCc1ccccc1C)c1ccccc1C. The summed E-state index contributed by atoms with van der Waals surface area (Å²) >= 11 is 0. The van der Waals surface area contributed by atoms with Crippen LogP contribution in [-0.2, 0) is 6.42 Å². The second-order valence-corrected chi connectivity index (χ2v) is 4.83. The lowest BCUT2D eigenvalue weighted by atomic mass is 9.99. The molecule has 0 amide bonds. The zero-order valence-electron chi connectivity index (χ0n) is 11.4. The van der Waals surface area contributed by atoms with Crippen molar-refractivity contribution < 1.29 is 0 Å². The molecule has 2 rings (SSSR count). The van der Waals surface area contributed by atoms with Crippen LogP contribution in [0, 0.1) is 13.8 Å². The van der Waals surface area contributed by atoms with E-state index in [-0.39, 0.29) is 0 Å². The first-order valence-corrected chi connectivity index (χ1v) is 6.46. The molecule has 0 saturated carbocycles. The van der Waals surface area contributed by atoms with Crippen LogP contribution < -0.4 is 0 Å². The van der Waals surface area contributed by atoms with Crippen LogP contribution in [-0.4, -0.2) is 0 Å². The molecule has 0 nitrogen and oxygen atoms in total. The Balaban J connectivity index is 2.20. The second kappa shape index (κ2) is 5.68. The average Bonchev–Trinajstić information content (AvgIpc) is 2.38. The van der Waals surface area contributed by atoms with E-state index in [4.69, 9.17) is 0 Å². The Morgan fingerprint density at radius 2 is 1.50 bits per heavy atom. The molecule has 0 aliphatic carbocycles. The minimum atomic E-state index is 1.01. The maximum atomic E-state index is 2.32. The maximum absolute atomic E-state index is 2.32. The summed E-state index contributed by atoms with van der Waals surface area (Å²) in [4.78, 5) is 0. The molecule has 0 aliphatic heterocycles.